The number of methoxy groups -OCH3 is 1. The van der Waals surface area contributed by atoms with Crippen molar-refractivity contribution in [2.24, 2.45) is 0 Å². The van der Waals surface area contributed by atoms with E-state index in [1.54, 1.807) is 22.6 Å². The lowest BCUT2D eigenvalue weighted by atomic mass is 10.2. The van der Waals surface area contributed by atoms with E-state index in [1.165, 1.54) is 13.2 Å². The summed E-state index contributed by atoms with van der Waals surface area (Å²) in [5, 5.41) is 8.87. The second kappa shape index (κ2) is 4.83. The first-order chi connectivity index (χ1) is 6.60. The van der Waals surface area contributed by atoms with Gasteiger partial charge in [-0.1, -0.05) is 0 Å². The molecular formula is C8H8F2INO2. The number of aromatic nitrogens is 1. The molecule has 78 valence electrons. The summed E-state index contributed by atoms with van der Waals surface area (Å²) in [6.45, 7) is -0.331. The summed E-state index contributed by atoms with van der Waals surface area (Å²) in [6, 6.07) is 1.20. The van der Waals surface area contributed by atoms with Gasteiger partial charge in [0.2, 0.25) is 0 Å². The topological polar surface area (TPSA) is 42.4 Å². The number of rotatable bonds is 3. The van der Waals surface area contributed by atoms with Crippen LogP contribution >= 0.6 is 22.6 Å². The maximum Gasteiger partial charge on any atom is 0.266 e. The molecule has 0 saturated carbocycles. The third kappa shape index (κ3) is 2.30. The molecule has 0 unspecified atom stereocenters. The van der Waals surface area contributed by atoms with E-state index in [4.69, 9.17) is 9.84 Å². The van der Waals surface area contributed by atoms with Crippen molar-refractivity contribution in [3.8, 4) is 5.75 Å². The lowest BCUT2D eigenvalue weighted by molar-refractivity contribution is 0.149. The van der Waals surface area contributed by atoms with Crippen LogP contribution in [0.4, 0.5) is 8.78 Å². The van der Waals surface area contributed by atoms with E-state index in [1.807, 2.05) is 0 Å². The Kier molecular flexibility index (Phi) is 3.99. The van der Waals surface area contributed by atoms with Crippen LogP contribution in [0, 0.1) is 3.70 Å². The quantitative estimate of drug-likeness (QED) is 0.686. The summed E-state index contributed by atoms with van der Waals surface area (Å²) < 4.78 is 29.8. The van der Waals surface area contributed by atoms with E-state index in [-0.39, 0.29) is 27.3 Å². The van der Waals surface area contributed by atoms with Gasteiger partial charge in [-0.15, -0.1) is 0 Å². The fourth-order valence-electron chi connectivity index (χ4n) is 0.965. The highest BCUT2D eigenvalue weighted by Gasteiger charge is 2.16. The highest BCUT2D eigenvalue weighted by molar-refractivity contribution is 14.1. The molecule has 0 aliphatic carbocycles. The highest BCUT2D eigenvalue weighted by atomic mass is 127. The van der Waals surface area contributed by atoms with Crippen LogP contribution in [0.1, 0.15) is 17.7 Å². The predicted octanol–water partition coefficient (Wildman–Crippen LogP) is 2.12. The van der Waals surface area contributed by atoms with E-state index < -0.39 is 6.43 Å². The van der Waals surface area contributed by atoms with Gasteiger partial charge in [-0.3, -0.25) is 0 Å². The lowest BCUT2D eigenvalue weighted by Crippen LogP contribution is -2.02. The number of halogens is 3. The smallest absolute Gasteiger partial charge is 0.266 e. The zero-order valence-electron chi connectivity index (χ0n) is 7.30. The Balaban J connectivity index is 3.23. The molecular weight excluding hydrogens is 307 g/mol. The molecule has 0 aliphatic rings. The van der Waals surface area contributed by atoms with Gasteiger partial charge in [0.05, 0.1) is 19.3 Å². The standard InChI is InChI=1S/C8H8F2INO2/c1-14-6-2-4(7(9)10)8(11)12-5(6)3-13/h2,7,13H,3H2,1H3. The zero-order chi connectivity index (χ0) is 10.7. The summed E-state index contributed by atoms with van der Waals surface area (Å²) in [5.41, 5.74) is 0.0842. The average molecular weight is 315 g/mol. The number of aliphatic hydroxyl groups excluding tert-OH is 1. The normalized spacial score (nSPS) is 10.7. The fourth-order valence-corrected chi connectivity index (χ4v) is 1.65. The van der Waals surface area contributed by atoms with Crippen LogP contribution in [-0.2, 0) is 6.61 Å². The highest BCUT2D eigenvalue weighted by Crippen LogP contribution is 2.28. The first-order valence-electron chi connectivity index (χ1n) is 3.72. The largest absolute Gasteiger partial charge is 0.495 e. The molecule has 0 atom stereocenters. The number of hydrogen-bond donors (Lipinski definition) is 1. The third-order valence-electron chi connectivity index (χ3n) is 1.65. The molecule has 0 amide bonds. The second-order valence-electron chi connectivity index (χ2n) is 2.48. The molecule has 0 spiro atoms. The van der Waals surface area contributed by atoms with E-state index in [2.05, 4.69) is 4.98 Å². The van der Waals surface area contributed by atoms with Crippen LogP contribution in [0.15, 0.2) is 6.07 Å². The van der Waals surface area contributed by atoms with Gasteiger partial charge in [-0.2, -0.15) is 0 Å². The van der Waals surface area contributed by atoms with Gasteiger partial charge >= 0.3 is 0 Å². The molecule has 0 aliphatic heterocycles. The molecule has 1 heterocycles. The van der Waals surface area contributed by atoms with Gasteiger partial charge in [0, 0.05) is 0 Å². The summed E-state index contributed by atoms with van der Waals surface area (Å²) in [4.78, 5) is 3.82. The maximum absolute atomic E-state index is 12.4. The Morgan fingerprint density at radius 3 is 2.71 bits per heavy atom. The Morgan fingerprint density at radius 2 is 2.29 bits per heavy atom. The maximum atomic E-state index is 12.4. The van der Waals surface area contributed by atoms with Crippen LogP contribution in [0.25, 0.3) is 0 Å². The molecule has 14 heavy (non-hydrogen) atoms. The molecule has 6 heteroatoms. The minimum Gasteiger partial charge on any atom is -0.495 e. The summed E-state index contributed by atoms with van der Waals surface area (Å²) in [7, 11) is 1.35. The van der Waals surface area contributed by atoms with E-state index in [0.717, 1.165) is 0 Å². The Labute approximate surface area is 93.2 Å². The number of nitrogens with zero attached hydrogens (tertiary/aromatic N) is 1. The fraction of sp³-hybridized carbons (Fsp3) is 0.375. The molecule has 0 aromatic carbocycles. The summed E-state index contributed by atoms with van der Waals surface area (Å²) in [6.07, 6.45) is -2.59. The predicted molar refractivity (Wildman–Crippen MR) is 54.4 cm³/mol. The Hall–Kier alpha value is -0.500. The number of aliphatic hydroxyl groups is 1. The number of alkyl halides is 2. The summed E-state index contributed by atoms with van der Waals surface area (Å²) in [5.74, 6) is 0.184. The van der Waals surface area contributed by atoms with Crippen LogP contribution < -0.4 is 4.74 Å². The molecule has 3 nitrogen and oxygen atoms in total. The van der Waals surface area contributed by atoms with Crippen LogP contribution in [0.3, 0.4) is 0 Å². The molecule has 1 N–H and O–H groups in total. The molecule has 0 saturated heterocycles. The summed E-state index contributed by atoms with van der Waals surface area (Å²) >= 11 is 1.70. The number of ether oxygens (including phenoxy) is 1. The molecule has 1 rings (SSSR count). The van der Waals surface area contributed by atoms with Crippen molar-refractivity contribution < 1.29 is 18.6 Å². The second-order valence-corrected chi connectivity index (χ2v) is 3.50. The van der Waals surface area contributed by atoms with Crippen molar-refractivity contribution >= 4 is 22.6 Å². The van der Waals surface area contributed by atoms with Crippen molar-refractivity contribution in [3.05, 3.63) is 21.0 Å². The van der Waals surface area contributed by atoms with Gasteiger partial charge in [-0.05, 0) is 28.7 Å². The van der Waals surface area contributed by atoms with Gasteiger partial charge in [-0.25, -0.2) is 13.8 Å². The van der Waals surface area contributed by atoms with Crippen molar-refractivity contribution in [2.75, 3.05) is 7.11 Å². The van der Waals surface area contributed by atoms with Crippen molar-refractivity contribution in [3.63, 3.8) is 0 Å². The first-order valence-corrected chi connectivity index (χ1v) is 4.80. The van der Waals surface area contributed by atoms with Gasteiger partial charge in [0.1, 0.15) is 15.1 Å². The number of hydrogen-bond acceptors (Lipinski definition) is 3. The minimum atomic E-state index is -2.59. The van der Waals surface area contributed by atoms with Gasteiger partial charge in [0.15, 0.2) is 0 Å². The van der Waals surface area contributed by atoms with Crippen LogP contribution in [-0.4, -0.2) is 17.2 Å². The SMILES string of the molecule is COc1cc(C(F)F)c(I)nc1CO. The van der Waals surface area contributed by atoms with Crippen LogP contribution in [0.5, 0.6) is 5.75 Å². The van der Waals surface area contributed by atoms with E-state index in [9.17, 15) is 8.78 Å². The molecule has 1 aromatic rings. The third-order valence-corrected chi connectivity index (χ3v) is 2.51. The monoisotopic (exact) mass is 315 g/mol. The lowest BCUT2D eigenvalue weighted by Gasteiger charge is -2.09. The van der Waals surface area contributed by atoms with E-state index in [0.29, 0.717) is 0 Å². The molecule has 0 fully saturated rings. The Bertz CT molecular complexity index is 333. The first kappa shape index (κ1) is 11.6. The van der Waals surface area contributed by atoms with Gasteiger partial charge < -0.3 is 9.84 Å². The Morgan fingerprint density at radius 1 is 1.64 bits per heavy atom. The molecule has 0 radical (unpaired) electrons. The minimum absolute atomic E-state index is 0.181. The zero-order valence-corrected chi connectivity index (χ0v) is 9.46. The van der Waals surface area contributed by atoms with Gasteiger partial charge in [0.25, 0.3) is 6.43 Å². The number of pyridine rings is 1. The molecule has 0 bridgehead atoms. The van der Waals surface area contributed by atoms with Crippen molar-refractivity contribution in [2.45, 2.75) is 13.0 Å². The average Bonchev–Trinajstić information content (AvgIpc) is 2.16. The van der Waals surface area contributed by atoms with Crippen LogP contribution in [0.2, 0.25) is 0 Å². The molecule has 1 aromatic heterocycles. The van der Waals surface area contributed by atoms with Crippen molar-refractivity contribution in [1.82, 2.24) is 4.98 Å². The van der Waals surface area contributed by atoms with Crippen molar-refractivity contribution in [1.29, 1.82) is 0 Å². The van der Waals surface area contributed by atoms with E-state index >= 15 is 0 Å².